The Morgan fingerprint density at radius 1 is 1.20 bits per heavy atom. The van der Waals surface area contributed by atoms with Crippen LogP contribution in [-0.2, 0) is 0 Å². The van der Waals surface area contributed by atoms with Crippen molar-refractivity contribution in [3.63, 3.8) is 0 Å². The van der Waals surface area contributed by atoms with Gasteiger partial charge in [0.05, 0.1) is 23.1 Å². The number of hydrogen-bond acceptors (Lipinski definition) is 3. The van der Waals surface area contributed by atoms with Crippen molar-refractivity contribution < 1.29 is 0 Å². The predicted octanol–water partition coefficient (Wildman–Crippen LogP) is 3.98. The first-order valence-electron chi connectivity index (χ1n) is 7.71. The van der Waals surface area contributed by atoms with Gasteiger partial charge in [-0.15, -0.1) is 0 Å². The van der Waals surface area contributed by atoms with E-state index >= 15 is 0 Å². The summed E-state index contributed by atoms with van der Waals surface area (Å²) < 4.78 is 0. The Labute approximate surface area is 120 Å². The van der Waals surface area contributed by atoms with Crippen LogP contribution in [0, 0.1) is 0 Å². The van der Waals surface area contributed by atoms with E-state index in [0.717, 1.165) is 17.7 Å². The second kappa shape index (κ2) is 5.70. The minimum absolute atomic E-state index is 0.627. The summed E-state index contributed by atoms with van der Waals surface area (Å²) in [7, 11) is 0. The number of nitrogens with zero attached hydrogens (tertiary/aromatic N) is 2. The number of rotatable bonds is 3. The maximum Gasteiger partial charge on any atom is 0.0745 e. The molecule has 1 aromatic heterocycles. The highest BCUT2D eigenvalue weighted by Gasteiger charge is 2.23. The zero-order valence-electron chi connectivity index (χ0n) is 12.2. The number of hydrogen-bond donors (Lipinski definition) is 1. The Hall–Kier alpha value is -1.77. The number of anilines is 2. The molecule has 1 saturated carbocycles. The fraction of sp³-hybridized carbons (Fsp3) is 0.471. The average molecular weight is 269 g/mol. The van der Waals surface area contributed by atoms with Crippen LogP contribution < -0.4 is 10.6 Å². The molecule has 2 N–H and O–H groups in total. The highest BCUT2D eigenvalue weighted by molar-refractivity contribution is 5.97. The largest absolute Gasteiger partial charge is 0.396 e. The second-order valence-corrected chi connectivity index (χ2v) is 5.66. The summed E-state index contributed by atoms with van der Waals surface area (Å²) in [4.78, 5) is 6.95. The van der Waals surface area contributed by atoms with Gasteiger partial charge in [-0.25, -0.2) is 0 Å². The Bertz CT molecular complexity index is 588. The highest BCUT2D eigenvalue weighted by atomic mass is 15.2. The van der Waals surface area contributed by atoms with Crippen molar-refractivity contribution in [3.8, 4) is 0 Å². The van der Waals surface area contributed by atoms with Crippen molar-refractivity contribution in [2.75, 3.05) is 17.2 Å². The predicted molar refractivity (Wildman–Crippen MR) is 86.0 cm³/mol. The van der Waals surface area contributed by atoms with Gasteiger partial charge in [0.1, 0.15) is 0 Å². The normalized spacial score (nSPS) is 16.4. The molecule has 1 fully saturated rings. The third kappa shape index (κ3) is 2.33. The summed E-state index contributed by atoms with van der Waals surface area (Å²) in [6.45, 7) is 3.23. The fourth-order valence-electron chi connectivity index (χ4n) is 3.45. The van der Waals surface area contributed by atoms with E-state index in [9.17, 15) is 0 Å². The Morgan fingerprint density at radius 2 is 1.95 bits per heavy atom. The lowest BCUT2D eigenvalue weighted by molar-refractivity contribution is 0.419. The van der Waals surface area contributed by atoms with E-state index in [1.54, 1.807) is 0 Å². The first-order valence-corrected chi connectivity index (χ1v) is 7.71. The van der Waals surface area contributed by atoms with Gasteiger partial charge in [0.15, 0.2) is 0 Å². The molecule has 0 atom stereocenters. The molecule has 1 aliphatic rings. The molecular weight excluding hydrogens is 246 g/mol. The SMILES string of the molecule is CCN(c1c(N)cnc2ccccc12)C1CCCCC1. The van der Waals surface area contributed by atoms with Crippen LogP contribution in [0.15, 0.2) is 30.5 Å². The van der Waals surface area contributed by atoms with Gasteiger partial charge in [0.25, 0.3) is 0 Å². The first-order chi connectivity index (χ1) is 9.81. The minimum atomic E-state index is 0.627. The Morgan fingerprint density at radius 3 is 2.70 bits per heavy atom. The topological polar surface area (TPSA) is 42.1 Å². The summed E-state index contributed by atoms with van der Waals surface area (Å²) in [5.41, 5.74) is 9.29. The van der Waals surface area contributed by atoms with Crippen molar-refractivity contribution in [1.29, 1.82) is 0 Å². The van der Waals surface area contributed by atoms with Crippen molar-refractivity contribution in [2.24, 2.45) is 0 Å². The average Bonchev–Trinajstić information content (AvgIpc) is 2.51. The lowest BCUT2D eigenvalue weighted by atomic mass is 9.93. The van der Waals surface area contributed by atoms with E-state index in [1.807, 2.05) is 12.3 Å². The molecule has 0 aliphatic heterocycles. The molecule has 0 bridgehead atoms. The van der Waals surface area contributed by atoms with Crippen LogP contribution in [0.4, 0.5) is 11.4 Å². The van der Waals surface area contributed by atoms with E-state index in [2.05, 4.69) is 35.0 Å². The van der Waals surface area contributed by atoms with Gasteiger partial charge < -0.3 is 10.6 Å². The van der Waals surface area contributed by atoms with Crippen LogP contribution in [0.3, 0.4) is 0 Å². The summed E-state index contributed by atoms with van der Waals surface area (Å²) >= 11 is 0. The lowest BCUT2D eigenvalue weighted by Crippen LogP contribution is -2.37. The van der Waals surface area contributed by atoms with Crippen LogP contribution in [0.5, 0.6) is 0 Å². The standard InChI is InChI=1S/C17H23N3/c1-2-20(13-8-4-3-5-9-13)17-14-10-6-7-11-16(14)19-12-15(17)18/h6-7,10-13H,2-5,8-9,18H2,1H3. The molecule has 106 valence electrons. The van der Waals surface area contributed by atoms with Gasteiger partial charge in [-0.2, -0.15) is 0 Å². The third-order valence-electron chi connectivity index (χ3n) is 4.42. The zero-order valence-corrected chi connectivity index (χ0v) is 12.2. The van der Waals surface area contributed by atoms with Crippen molar-refractivity contribution in [2.45, 2.75) is 45.1 Å². The van der Waals surface area contributed by atoms with Gasteiger partial charge >= 0.3 is 0 Å². The molecule has 20 heavy (non-hydrogen) atoms. The van der Waals surface area contributed by atoms with E-state index in [-0.39, 0.29) is 0 Å². The van der Waals surface area contributed by atoms with Gasteiger partial charge in [-0.3, -0.25) is 4.98 Å². The number of fused-ring (bicyclic) bond motifs is 1. The first kappa shape index (κ1) is 13.2. The van der Waals surface area contributed by atoms with E-state index in [0.29, 0.717) is 6.04 Å². The Balaban J connectivity index is 2.08. The molecule has 0 unspecified atom stereocenters. The highest BCUT2D eigenvalue weighted by Crippen LogP contribution is 2.35. The molecule has 1 aliphatic carbocycles. The molecule has 1 heterocycles. The number of aromatic nitrogens is 1. The summed E-state index contributed by atoms with van der Waals surface area (Å²) in [5, 5.41) is 1.18. The zero-order chi connectivity index (χ0) is 13.9. The molecular formula is C17H23N3. The number of nitrogens with two attached hydrogens (primary N) is 1. The smallest absolute Gasteiger partial charge is 0.0745 e. The van der Waals surface area contributed by atoms with E-state index in [1.165, 1.54) is 43.2 Å². The van der Waals surface area contributed by atoms with Crippen LogP contribution in [-0.4, -0.2) is 17.6 Å². The van der Waals surface area contributed by atoms with Gasteiger partial charge in [0, 0.05) is 18.0 Å². The van der Waals surface area contributed by atoms with E-state index in [4.69, 9.17) is 5.73 Å². The van der Waals surface area contributed by atoms with E-state index < -0.39 is 0 Å². The minimum Gasteiger partial charge on any atom is -0.396 e. The molecule has 2 aromatic rings. The number of nitrogen functional groups attached to an aromatic ring is 1. The van der Waals surface area contributed by atoms with Gasteiger partial charge in [-0.1, -0.05) is 37.5 Å². The fourth-order valence-corrected chi connectivity index (χ4v) is 3.45. The molecule has 0 amide bonds. The van der Waals surface area contributed by atoms with Crippen molar-refractivity contribution in [1.82, 2.24) is 4.98 Å². The summed E-state index contributed by atoms with van der Waals surface area (Å²) in [5.74, 6) is 0. The maximum atomic E-state index is 6.27. The van der Waals surface area contributed by atoms with Gasteiger partial charge in [-0.05, 0) is 25.8 Å². The Kier molecular flexibility index (Phi) is 3.77. The molecule has 3 heteroatoms. The number of benzene rings is 1. The summed E-state index contributed by atoms with van der Waals surface area (Å²) in [6, 6.07) is 8.93. The second-order valence-electron chi connectivity index (χ2n) is 5.66. The molecule has 0 radical (unpaired) electrons. The van der Waals surface area contributed by atoms with Crippen LogP contribution in [0.25, 0.3) is 10.9 Å². The molecule has 3 nitrogen and oxygen atoms in total. The quantitative estimate of drug-likeness (QED) is 0.916. The molecule has 0 saturated heterocycles. The van der Waals surface area contributed by atoms with Crippen molar-refractivity contribution in [3.05, 3.63) is 30.5 Å². The monoisotopic (exact) mass is 269 g/mol. The maximum absolute atomic E-state index is 6.27. The summed E-state index contributed by atoms with van der Waals surface area (Å²) in [6.07, 6.45) is 8.42. The third-order valence-corrected chi connectivity index (χ3v) is 4.42. The molecule has 3 rings (SSSR count). The number of para-hydroxylation sites is 1. The molecule has 1 aromatic carbocycles. The number of pyridine rings is 1. The van der Waals surface area contributed by atoms with Crippen molar-refractivity contribution >= 4 is 22.3 Å². The van der Waals surface area contributed by atoms with Crippen LogP contribution >= 0.6 is 0 Å². The van der Waals surface area contributed by atoms with Crippen LogP contribution in [0.2, 0.25) is 0 Å². The lowest BCUT2D eigenvalue weighted by Gasteiger charge is -2.36. The van der Waals surface area contributed by atoms with Gasteiger partial charge in [0.2, 0.25) is 0 Å². The molecule has 0 spiro atoms. The van der Waals surface area contributed by atoms with Crippen LogP contribution in [0.1, 0.15) is 39.0 Å².